The quantitative estimate of drug-likeness (QED) is 0.0272. The van der Waals surface area contributed by atoms with E-state index >= 15 is 0 Å². The van der Waals surface area contributed by atoms with E-state index < -0.39 is 20.0 Å². The number of allylic oxidation sites excluding steroid dienone is 8. The number of quaternary nitrogens is 1. The van der Waals surface area contributed by atoms with Crippen molar-refractivity contribution in [1.29, 1.82) is 0 Å². The van der Waals surface area contributed by atoms with Crippen LogP contribution in [0, 0.1) is 0 Å². The summed E-state index contributed by atoms with van der Waals surface area (Å²) < 4.78 is 23.4. The molecule has 0 radical (unpaired) electrons. The lowest BCUT2D eigenvalue weighted by Crippen LogP contribution is -2.46. The van der Waals surface area contributed by atoms with Crippen molar-refractivity contribution >= 4 is 13.7 Å². The van der Waals surface area contributed by atoms with Crippen molar-refractivity contribution in [3.63, 3.8) is 0 Å². The Kier molecular flexibility index (Phi) is 51.2. The van der Waals surface area contributed by atoms with Gasteiger partial charge in [-0.2, -0.15) is 0 Å². The van der Waals surface area contributed by atoms with Crippen molar-refractivity contribution in [2.24, 2.45) is 0 Å². The average molecular weight is 1010 g/mol. The fourth-order valence-corrected chi connectivity index (χ4v) is 9.64. The molecule has 0 aliphatic carbocycles. The molecule has 0 heterocycles. The van der Waals surface area contributed by atoms with Crippen molar-refractivity contribution in [2.75, 3.05) is 40.9 Å². The van der Waals surface area contributed by atoms with Crippen LogP contribution in [0.25, 0.3) is 0 Å². The molecule has 0 saturated heterocycles. The summed E-state index contributed by atoms with van der Waals surface area (Å²) in [5.41, 5.74) is 0. The molecule has 0 aromatic carbocycles. The van der Waals surface area contributed by atoms with Crippen LogP contribution < -0.4 is 10.2 Å². The molecule has 0 bridgehead atoms. The number of hydrogen-bond acceptors (Lipinski definition) is 6. The number of hydrogen-bond donors (Lipinski definition) is 2. The minimum atomic E-state index is -4.58. The maximum atomic E-state index is 13.0. The Balaban J connectivity index is 4.13. The van der Waals surface area contributed by atoms with Gasteiger partial charge in [0.15, 0.2) is 0 Å². The first kappa shape index (κ1) is 68.5. The van der Waals surface area contributed by atoms with Gasteiger partial charge in [0, 0.05) is 6.42 Å². The highest BCUT2D eigenvalue weighted by Gasteiger charge is 2.24. The lowest BCUT2D eigenvalue weighted by molar-refractivity contribution is -0.870. The third kappa shape index (κ3) is 54.2. The van der Waals surface area contributed by atoms with E-state index in [1.54, 1.807) is 0 Å². The number of phosphoric ester groups is 1. The van der Waals surface area contributed by atoms with E-state index in [0.717, 1.165) is 70.6 Å². The zero-order valence-electron chi connectivity index (χ0n) is 47.0. The number of nitrogens with zero attached hydrogens (tertiary/aromatic N) is 1. The van der Waals surface area contributed by atoms with Gasteiger partial charge in [0.25, 0.3) is 7.82 Å². The van der Waals surface area contributed by atoms with Gasteiger partial charge < -0.3 is 28.8 Å². The predicted octanol–water partition coefficient (Wildman–Crippen LogP) is 17.7. The summed E-state index contributed by atoms with van der Waals surface area (Å²) >= 11 is 0. The molecule has 0 aromatic rings. The lowest BCUT2D eigenvalue weighted by Gasteiger charge is -2.30. The van der Waals surface area contributed by atoms with Crippen molar-refractivity contribution in [3.05, 3.63) is 48.6 Å². The van der Waals surface area contributed by atoms with Crippen LogP contribution in [0.4, 0.5) is 0 Å². The van der Waals surface area contributed by atoms with Crippen LogP contribution in [0.3, 0.4) is 0 Å². The number of nitrogens with one attached hydrogen (secondary N) is 1. The Labute approximate surface area is 435 Å². The van der Waals surface area contributed by atoms with Gasteiger partial charge >= 0.3 is 0 Å². The fourth-order valence-electron chi connectivity index (χ4n) is 8.92. The first-order valence-corrected chi connectivity index (χ1v) is 31.4. The van der Waals surface area contributed by atoms with E-state index in [4.69, 9.17) is 9.05 Å². The first-order valence-electron chi connectivity index (χ1n) is 30.0. The monoisotopic (exact) mass is 1000 g/mol. The number of unbranched alkanes of at least 4 members (excludes halogenated alkanes) is 34. The van der Waals surface area contributed by atoms with Gasteiger partial charge in [-0.3, -0.25) is 9.36 Å². The van der Waals surface area contributed by atoms with Gasteiger partial charge in [0.2, 0.25) is 5.91 Å². The molecule has 0 rings (SSSR count). The van der Waals surface area contributed by atoms with Crippen molar-refractivity contribution in [3.8, 4) is 0 Å². The maximum absolute atomic E-state index is 13.0. The highest BCUT2D eigenvalue weighted by atomic mass is 31.2. The highest BCUT2D eigenvalue weighted by Crippen LogP contribution is 2.38. The van der Waals surface area contributed by atoms with Gasteiger partial charge in [0.05, 0.1) is 39.9 Å². The Bertz CT molecular complexity index is 1280. The number of aliphatic hydroxyl groups is 1. The molecule has 0 saturated carbocycles. The Hall–Kier alpha value is -1.54. The molecule has 0 aliphatic rings. The third-order valence-corrected chi connectivity index (χ3v) is 14.5. The van der Waals surface area contributed by atoms with Crippen molar-refractivity contribution in [2.45, 2.75) is 296 Å². The normalized spacial score (nSPS) is 14.2. The number of phosphoric acid groups is 1. The minimum Gasteiger partial charge on any atom is -0.756 e. The molecule has 8 nitrogen and oxygen atoms in total. The molecule has 70 heavy (non-hydrogen) atoms. The van der Waals surface area contributed by atoms with E-state index in [1.165, 1.54) is 186 Å². The summed E-state index contributed by atoms with van der Waals surface area (Å²) in [6.07, 6.45) is 68.6. The molecule has 1 amide bonds. The topological polar surface area (TPSA) is 108 Å². The van der Waals surface area contributed by atoms with Crippen LogP contribution >= 0.6 is 7.82 Å². The van der Waals surface area contributed by atoms with Crippen LogP contribution in [-0.2, 0) is 18.4 Å². The first-order chi connectivity index (χ1) is 34.0. The van der Waals surface area contributed by atoms with Crippen molar-refractivity contribution < 1.29 is 32.9 Å². The third-order valence-electron chi connectivity index (χ3n) is 13.6. The van der Waals surface area contributed by atoms with Crippen LogP contribution in [0.2, 0.25) is 0 Å². The standard InChI is InChI=1S/C61H117N2O6P/c1-6-8-10-12-14-16-18-20-22-24-26-28-29-30-31-32-33-35-36-38-40-42-44-46-48-50-52-54-60(64)59(58-69-70(66,67)68-57-56-63(3,4)5)62-61(65)55-53-51-49-47-45-43-41-39-37-34-27-25-23-21-19-17-15-13-11-9-7-2/h9,11,15,17,21,23,27,34,59-60,64H,6-8,10,12-14,16,18-20,22,24-26,28-33,35-58H2,1-5H3,(H-,62,65,66,67)/b11-9-,17-15-,23-21-,34-27-. The molecule has 412 valence electrons. The summed E-state index contributed by atoms with van der Waals surface area (Å²) in [5.74, 6) is -0.171. The van der Waals surface area contributed by atoms with Crippen LogP contribution in [-0.4, -0.2) is 68.5 Å². The molecule has 9 heteroatoms. The van der Waals surface area contributed by atoms with E-state index in [-0.39, 0.29) is 19.1 Å². The van der Waals surface area contributed by atoms with Crippen LogP contribution in [0.1, 0.15) is 284 Å². The molecule has 3 atom stereocenters. The smallest absolute Gasteiger partial charge is 0.268 e. The Morgan fingerprint density at radius 1 is 0.514 bits per heavy atom. The van der Waals surface area contributed by atoms with Gasteiger partial charge in [-0.1, -0.05) is 274 Å². The summed E-state index contributed by atoms with van der Waals surface area (Å²) in [6, 6.07) is -0.808. The molecule has 0 spiro atoms. The summed E-state index contributed by atoms with van der Waals surface area (Å²) in [4.78, 5) is 25.6. The zero-order chi connectivity index (χ0) is 51.3. The second-order valence-corrected chi connectivity index (χ2v) is 23.1. The number of carbonyl (C=O) groups excluding carboxylic acids is 1. The van der Waals surface area contributed by atoms with E-state index in [0.29, 0.717) is 23.9 Å². The highest BCUT2D eigenvalue weighted by molar-refractivity contribution is 7.45. The minimum absolute atomic E-state index is 0.00942. The maximum Gasteiger partial charge on any atom is 0.268 e. The van der Waals surface area contributed by atoms with E-state index in [2.05, 4.69) is 67.8 Å². The van der Waals surface area contributed by atoms with Gasteiger partial charge in [-0.25, -0.2) is 0 Å². The summed E-state index contributed by atoms with van der Waals surface area (Å²) in [7, 11) is 1.30. The molecule has 2 N–H and O–H groups in total. The van der Waals surface area contributed by atoms with Crippen LogP contribution in [0.15, 0.2) is 48.6 Å². The van der Waals surface area contributed by atoms with Gasteiger partial charge in [-0.15, -0.1) is 0 Å². The second-order valence-electron chi connectivity index (χ2n) is 21.7. The average Bonchev–Trinajstić information content (AvgIpc) is 3.32. The van der Waals surface area contributed by atoms with E-state index in [1.807, 2.05) is 21.1 Å². The predicted molar refractivity (Wildman–Crippen MR) is 302 cm³/mol. The number of likely N-dealkylation sites (N-methyl/N-ethyl adjacent to an activating group) is 1. The Morgan fingerprint density at radius 2 is 0.871 bits per heavy atom. The second kappa shape index (κ2) is 52.3. The Morgan fingerprint density at radius 3 is 1.27 bits per heavy atom. The number of rotatable bonds is 55. The van der Waals surface area contributed by atoms with Gasteiger partial charge in [-0.05, 0) is 51.4 Å². The largest absolute Gasteiger partial charge is 0.756 e. The van der Waals surface area contributed by atoms with Crippen LogP contribution in [0.5, 0.6) is 0 Å². The number of amides is 1. The molecule has 3 unspecified atom stereocenters. The summed E-state index contributed by atoms with van der Waals surface area (Å²) in [5, 5.41) is 14.0. The zero-order valence-corrected chi connectivity index (χ0v) is 47.9. The number of aliphatic hydroxyl groups excluding tert-OH is 1. The fraction of sp³-hybridized carbons (Fsp3) is 0.852. The molecule has 0 aliphatic heterocycles. The van der Waals surface area contributed by atoms with E-state index in [9.17, 15) is 19.4 Å². The molecular weight excluding hydrogens is 888 g/mol. The summed E-state index contributed by atoms with van der Waals surface area (Å²) in [6.45, 7) is 4.63. The molecular formula is C61H117N2O6P. The SMILES string of the molecule is CC/C=C\C/C=C\C/C=C\C/C=C\CCCCCCCCCCC(=O)NC(COP(=O)([O-])OCC[N+](C)(C)C)C(O)CCCCCCCCCCCCCCCCCCCCCCCCCCCCC. The number of carbonyl (C=O) groups is 1. The lowest BCUT2D eigenvalue weighted by atomic mass is 10.0. The van der Waals surface area contributed by atoms with Gasteiger partial charge in [0.1, 0.15) is 13.2 Å². The molecule has 0 aromatic heterocycles. The molecule has 0 fully saturated rings. The van der Waals surface area contributed by atoms with Crippen molar-refractivity contribution in [1.82, 2.24) is 5.32 Å².